The number of carbonyl (C=O) groups is 1. The van der Waals surface area contributed by atoms with E-state index in [-0.39, 0.29) is 5.91 Å². The van der Waals surface area contributed by atoms with Gasteiger partial charge in [0, 0.05) is 35.3 Å². The van der Waals surface area contributed by atoms with Crippen molar-refractivity contribution in [2.45, 2.75) is 6.92 Å². The third-order valence-electron chi connectivity index (χ3n) is 4.94. The second-order valence-corrected chi connectivity index (χ2v) is 7.78. The van der Waals surface area contributed by atoms with Gasteiger partial charge >= 0.3 is 0 Å². The van der Waals surface area contributed by atoms with Crippen LogP contribution in [0.2, 0.25) is 0 Å². The van der Waals surface area contributed by atoms with E-state index < -0.39 is 0 Å². The summed E-state index contributed by atoms with van der Waals surface area (Å²) in [6.45, 7) is 5.65. The predicted molar refractivity (Wildman–Crippen MR) is 123 cm³/mol. The van der Waals surface area contributed by atoms with E-state index >= 15 is 0 Å². The lowest BCUT2D eigenvalue weighted by Crippen LogP contribution is -2.36. The van der Waals surface area contributed by atoms with Gasteiger partial charge in [-0.05, 0) is 37.3 Å². The minimum absolute atomic E-state index is 0.211. The Morgan fingerprint density at radius 1 is 1.16 bits per heavy atom. The third kappa shape index (κ3) is 4.98. The lowest BCUT2D eigenvalue weighted by Gasteiger charge is -2.26. The summed E-state index contributed by atoms with van der Waals surface area (Å²) >= 11 is 1.64. The van der Waals surface area contributed by atoms with Gasteiger partial charge in [0.25, 0.3) is 5.91 Å². The summed E-state index contributed by atoms with van der Waals surface area (Å²) in [4.78, 5) is 19.7. The van der Waals surface area contributed by atoms with Crippen molar-refractivity contribution in [3.8, 4) is 22.8 Å². The predicted octanol–water partition coefficient (Wildman–Crippen LogP) is 4.31. The van der Waals surface area contributed by atoms with Gasteiger partial charge in [-0.25, -0.2) is 4.98 Å². The lowest BCUT2D eigenvalue weighted by molar-refractivity contribution is 0.102. The normalized spacial score (nSPS) is 13.7. The fourth-order valence-corrected chi connectivity index (χ4v) is 4.20. The standard InChI is InChI=1S/C23H25N3O4S/c1-3-30-20-9-6-17(14-21(20)28-2)22(27)24-18-7-4-16(5-8-18)19-15-31-23(25-19)26-10-12-29-13-11-26/h4-9,14-15H,3,10-13H2,1-2H3,(H,24,27). The molecule has 0 saturated carbocycles. The first-order valence-electron chi connectivity index (χ1n) is 10.2. The first kappa shape index (κ1) is 21.1. The Hall–Kier alpha value is -3.10. The zero-order valence-corrected chi connectivity index (χ0v) is 18.4. The van der Waals surface area contributed by atoms with Crippen molar-refractivity contribution in [3.05, 3.63) is 53.4 Å². The van der Waals surface area contributed by atoms with Crippen LogP contribution in [0.3, 0.4) is 0 Å². The van der Waals surface area contributed by atoms with E-state index in [4.69, 9.17) is 19.2 Å². The van der Waals surface area contributed by atoms with Crippen molar-refractivity contribution in [1.82, 2.24) is 4.98 Å². The molecular weight excluding hydrogens is 414 g/mol. The number of methoxy groups -OCH3 is 1. The van der Waals surface area contributed by atoms with Crippen LogP contribution in [0, 0.1) is 0 Å². The molecule has 0 atom stereocenters. The first-order valence-corrected chi connectivity index (χ1v) is 11.1. The molecule has 3 aromatic rings. The van der Waals surface area contributed by atoms with Crippen LogP contribution in [-0.2, 0) is 4.74 Å². The molecule has 0 radical (unpaired) electrons. The molecule has 1 aromatic heterocycles. The Bertz CT molecular complexity index is 1030. The molecule has 1 aliphatic rings. The highest BCUT2D eigenvalue weighted by Crippen LogP contribution is 2.30. The highest BCUT2D eigenvalue weighted by atomic mass is 32.1. The number of anilines is 2. The first-order chi connectivity index (χ1) is 15.2. The Balaban J connectivity index is 1.43. The number of nitrogens with one attached hydrogen (secondary N) is 1. The van der Waals surface area contributed by atoms with Gasteiger partial charge in [0.15, 0.2) is 16.6 Å². The Kier molecular flexibility index (Phi) is 6.69. The molecule has 0 bridgehead atoms. The number of nitrogens with zero attached hydrogens (tertiary/aromatic N) is 2. The Morgan fingerprint density at radius 2 is 1.94 bits per heavy atom. The largest absolute Gasteiger partial charge is 0.493 e. The van der Waals surface area contributed by atoms with Crippen molar-refractivity contribution in [2.75, 3.05) is 50.2 Å². The van der Waals surface area contributed by atoms with Gasteiger partial charge in [-0.3, -0.25) is 4.79 Å². The summed E-state index contributed by atoms with van der Waals surface area (Å²) in [7, 11) is 1.56. The molecule has 4 rings (SSSR count). The number of benzene rings is 2. The average Bonchev–Trinajstić information content (AvgIpc) is 3.31. The van der Waals surface area contributed by atoms with Crippen molar-refractivity contribution in [2.24, 2.45) is 0 Å². The van der Waals surface area contributed by atoms with Crippen molar-refractivity contribution >= 4 is 28.1 Å². The minimum Gasteiger partial charge on any atom is -0.493 e. The van der Waals surface area contributed by atoms with E-state index in [1.807, 2.05) is 31.2 Å². The molecular formula is C23H25N3O4S. The molecule has 1 amide bonds. The zero-order chi connectivity index (χ0) is 21.6. The van der Waals surface area contributed by atoms with Gasteiger partial charge in [-0.2, -0.15) is 0 Å². The van der Waals surface area contributed by atoms with Gasteiger partial charge in [-0.1, -0.05) is 12.1 Å². The van der Waals surface area contributed by atoms with Crippen LogP contribution in [0.15, 0.2) is 47.8 Å². The summed E-state index contributed by atoms with van der Waals surface area (Å²) in [6, 6.07) is 12.8. The summed E-state index contributed by atoms with van der Waals surface area (Å²) in [5.41, 5.74) is 3.15. The maximum Gasteiger partial charge on any atom is 0.255 e. The van der Waals surface area contributed by atoms with Crippen LogP contribution in [0.4, 0.5) is 10.8 Å². The quantitative estimate of drug-likeness (QED) is 0.592. The third-order valence-corrected chi connectivity index (χ3v) is 5.84. The molecule has 7 nitrogen and oxygen atoms in total. The SMILES string of the molecule is CCOc1ccc(C(=O)Nc2ccc(-c3csc(N4CCOCC4)n3)cc2)cc1OC. The van der Waals surface area contributed by atoms with Crippen molar-refractivity contribution in [3.63, 3.8) is 0 Å². The van der Waals surface area contributed by atoms with Crippen molar-refractivity contribution in [1.29, 1.82) is 0 Å². The molecule has 1 aliphatic heterocycles. The number of hydrogen-bond acceptors (Lipinski definition) is 7. The number of aromatic nitrogens is 1. The van der Waals surface area contributed by atoms with Crippen molar-refractivity contribution < 1.29 is 19.0 Å². The number of morpholine rings is 1. The van der Waals surface area contributed by atoms with Crippen LogP contribution < -0.4 is 19.7 Å². The highest BCUT2D eigenvalue weighted by molar-refractivity contribution is 7.14. The molecule has 0 aliphatic carbocycles. The van der Waals surface area contributed by atoms with Gasteiger partial charge < -0.3 is 24.4 Å². The molecule has 8 heteroatoms. The van der Waals surface area contributed by atoms with Crippen LogP contribution in [0.1, 0.15) is 17.3 Å². The van der Waals surface area contributed by atoms with E-state index in [0.29, 0.717) is 29.4 Å². The zero-order valence-electron chi connectivity index (χ0n) is 17.6. The number of amides is 1. The molecule has 2 aromatic carbocycles. The molecule has 0 spiro atoms. The topological polar surface area (TPSA) is 72.9 Å². The second-order valence-electron chi connectivity index (χ2n) is 6.94. The number of ether oxygens (including phenoxy) is 3. The van der Waals surface area contributed by atoms with Gasteiger partial charge in [0.2, 0.25) is 0 Å². The van der Waals surface area contributed by atoms with E-state index in [1.165, 1.54) is 0 Å². The van der Waals surface area contributed by atoms with Crippen LogP contribution in [0.5, 0.6) is 11.5 Å². The molecule has 1 saturated heterocycles. The summed E-state index contributed by atoms with van der Waals surface area (Å²) in [5, 5.41) is 6.00. The number of hydrogen-bond donors (Lipinski definition) is 1. The number of thiazole rings is 1. The molecule has 0 unspecified atom stereocenters. The monoisotopic (exact) mass is 439 g/mol. The van der Waals surface area contributed by atoms with Gasteiger partial charge in [0.05, 0.1) is 32.6 Å². The van der Waals surface area contributed by atoms with E-state index in [9.17, 15) is 4.79 Å². The summed E-state index contributed by atoms with van der Waals surface area (Å²) < 4.78 is 16.2. The highest BCUT2D eigenvalue weighted by Gasteiger charge is 2.16. The second kappa shape index (κ2) is 9.80. The van der Waals surface area contributed by atoms with Gasteiger partial charge in [-0.15, -0.1) is 11.3 Å². The Morgan fingerprint density at radius 3 is 2.65 bits per heavy atom. The maximum absolute atomic E-state index is 12.7. The molecule has 31 heavy (non-hydrogen) atoms. The van der Waals surface area contributed by atoms with E-state index in [2.05, 4.69) is 15.6 Å². The fourth-order valence-electron chi connectivity index (χ4n) is 3.31. The minimum atomic E-state index is -0.211. The van der Waals surface area contributed by atoms with Crippen LogP contribution in [0.25, 0.3) is 11.3 Å². The maximum atomic E-state index is 12.7. The smallest absolute Gasteiger partial charge is 0.255 e. The lowest BCUT2D eigenvalue weighted by atomic mass is 10.1. The van der Waals surface area contributed by atoms with Crippen LogP contribution >= 0.6 is 11.3 Å². The Labute approximate surface area is 185 Å². The molecule has 162 valence electrons. The summed E-state index contributed by atoms with van der Waals surface area (Å²) in [6.07, 6.45) is 0. The molecule has 1 N–H and O–H groups in total. The summed E-state index contributed by atoms with van der Waals surface area (Å²) in [5.74, 6) is 0.937. The number of rotatable bonds is 7. The average molecular weight is 440 g/mol. The molecule has 2 heterocycles. The van der Waals surface area contributed by atoms with Gasteiger partial charge in [0.1, 0.15) is 0 Å². The van der Waals surface area contributed by atoms with E-state index in [0.717, 1.165) is 42.7 Å². The van der Waals surface area contributed by atoms with Crippen LogP contribution in [-0.4, -0.2) is 50.9 Å². The fraction of sp³-hybridized carbons (Fsp3) is 0.304. The van der Waals surface area contributed by atoms with E-state index in [1.54, 1.807) is 36.6 Å². The molecule has 1 fully saturated rings. The number of carbonyl (C=O) groups excluding carboxylic acids is 1.